The zero-order valence-corrected chi connectivity index (χ0v) is 14.3. The predicted molar refractivity (Wildman–Crippen MR) is 93.7 cm³/mol. The number of fused-ring (bicyclic) bond motifs is 1. The van der Waals surface area contributed by atoms with Crippen molar-refractivity contribution in [1.29, 1.82) is 0 Å². The number of anilines is 1. The van der Waals surface area contributed by atoms with Crippen molar-refractivity contribution in [3.05, 3.63) is 58.7 Å². The van der Waals surface area contributed by atoms with Crippen LogP contribution in [-0.2, 0) is 11.3 Å². The van der Waals surface area contributed by atoms with Crippen molar-refractivity contribution in [1.82, 2.24) is 0 Å². The number of benzene rings is 2. The predicted octanol–water partition coefficient (Wildman–Crippen LogP) is 3.82. The van der Waals surface area contributed by atoms with Crippen molar-refractivity contribution in [3.8, 4) is 5.75 Å². The second-order valence-electron chi connectivity index (χ2n) is 6.20. The molecule has 0 fully saturated rings. The topological polar surface area (TPSA) is 46.6 Å². The van der Waals surface area contributed by atoms with Gasteiger partial charge in [-0.1, -0.05) is 18.2 Å². The van der Waals surface area contributed by atoms with Gasteiger partial charge in [0.25, 0.3) is 0 Å². The van der Waals surface area contributed by atoms with Crippen LogP contribution >= 0.6 is 0 Å². The number of nitrogens with zero attached hydrogens (tertiary/aromatic N) is 1. The van der Waals surface area contributed by atoms with Crippen molar-refractivity contribution >= 4 is 17.4 Å². The highest BCUT2D eigenvalue weighted by molar-refractivity contribution is 6.10. The fourth-order valence-electron chi connectivity index (χ4n) is 2.98. The summed E-state index contributed by atoms with van der Waals surface area (Å²) in [5, 5.41) is 0. The van der Waals surface area contributed by atoms with Crippen molar-refractivity contribution in [2.24, 2.45) is 0 Å². The summed E-state index contributed by atoms with van der Waals surface area (Å²) >= 11 is 0. The van der Waals surface area contributed by atoms with E-state index in [0.29, 0.717) is 23.5 Å². The molecule has 1 aliphatic rings. The molecule has 0 radical (unpaired) electrons. The van der Waals surface area contributed by atoms with Gasteiger partial charge in [-0.2, -0.15) is 0 Å². The maximum Gasteiger partial charge on any atom is 0.227 e. The van der Waals surface area contributed by atoms with Gasteiger partial charge < -0.3 is 9.64 Å². The van der Waals surface area contributed by atoms with Gasteiger partial charge in [0.1, 0.15) is 5.75 Å². The molecule has 1 heterocycles. The number of methoxy groups -OCH3 is 1. The van der Waals surface area contributed by atoms with E-state index in [4.69, 9.17) is 4.74 Å². The van der Waals surface area contributed by atoms with Crippen LogP contribution in [0.2, 0.25) is 0 Å². The molecule has 1 amide bonds. The molecule has 3 rings (SSSR count). The number of amides is 1. The molecule has 0 unspecified atom stereocenters. The SMILES string of the molecule is COc1ccc2c(c1)N(Cc1ccc(C)c(C)c1)C(=O)CCC2=O. The Morgan fingerprint density at radius 1 is 1.00 bits per heavy atom. The van der Waals surface area contributed by atoms with Crippen LogP contribution in [0.25, 0.3) is 0 Å². The monoisotopic (exact) mass is 323 g/mol. The number of carbonyl (C=O) groups excluding carboxylic acids is 2. The molecule has 0 aromatic heterocycles. The highest BCUT2D eigenvalue weighted by Gasteiger charge is 2.27. The Labute approximate surface area is 142 Å². The molecular formula is C20H21NO3. The molecule has 0 spiro atoms. The largest absolute Gasteiger partial charge is 0.497 e. The minimum absolute atomic E-state index is 0.00332. The molecule has 4 nitrogen and oxygen atoms in total. The van der Waals surface area contributed by atoms with Crippen LogP contribution in [0.4, 0.5) is 5.69 Å². The third kappa shape index (κ3) is 3.04. The van der Waals surface area contributed by atoms with E-state index in [0.717, 1.165) is 5.56 Å². The first-order valence-corrected chi connectivity index (χ1v) is 8.07. The van der Waals surface area contributed by atoms with E-state index >= 15 is 0 Å². The number of ether oxygens (including phenoxy) is 1. The molecule has 4 heteroatoms. The van der Waals surface area contributed by atoms with Crippen LogP contribution in [0.3, 0.4) is 0 Å². The van der Waals surface area contributed by atoms with Gasteiger partial charge in [-0.15, -0.1) is 0 Å². The van der Waals surface area contributed by atoms with E-state index in [-0.39, 0.29) is 24.5 Å². The lowest BCUT2D eigenvalue weighted by Gasteiger charge is -2.23. The van der Waals surface area contributed by atoms with Crippen LogP contribution in [0.1, 0.15) is 39.9 Å². The average molecular weight is 323 g/mol. The van der Waals surface area contributed by atoms with Crippen LogP contribution in [0.5, 0.6) is 5.75 Å². The Morgan fingerprint density at radius 3 is 2.50 bits per heavy atom. The van der Waals surface area contributed by atoms with Gasteiger partial charge in [-0.3, -0.25) is 9.59 Å². The minimum atomic E-state index is -0.0337. The Balaban J connectivity index is 2.04. The second kappa shape index (κ2) is 6.48. The summed E-state index contributed by atoms with van der Waals surface area (Å²) in [6.45, 7) is 4.58. The van der Waals surface area contributed by atoms with Gasteiger partial charge in [0.15, 0.2) is 5.78 Å². The summed E-state index contributed by atoms with van der Waals surface area (Å²) in [4.78, 5) is 26.6. The summed E-state index contributed by atoms with van der Waals surface area (Å²) in [5.41, 5.74) is 4.69. The van der Waals surface area contributed by atoms with Gasteiger partial charge in [0.2, 0.25) is 5.91 Å². The quantitative estimate of drug-likeness (QED) is 0.862. The summed E-state index contributed by atoms with van der Waals surface area (Å²) in [6, 6.07) is 11.5. The fraction of sp³-hybridized carbons (Fsp3) is 0.300. The van der Waals surface area contributed by atoms with Crippen LogP contribution in [-0.4, -0.2) is 18.8 Å². The van der Waals surface area contributed by atoms with Crippen LogP contribution < -0.4 is 9.64 Å². The normalized spacial score (nSPS) is 14.4. The number of hydrogen-bond acceptors (Lipinski definition) is 3. The number of ketones is 1. The molecule has 1 aliphatic heterocycles. The van der Waals surface area contributed by atoms with Crippen LogP contribution in [0, 0.1) is 13.8 Å². The van der Waals surface area contributed by atoms with E-state index in [1.165, 1.54) is 11.1 Å². The van der Waals surface area contributed by atoms with Gasteiger partial charge in [-0.25, -0.2) is 0 Å². The Kier molecular flexibility index (Phi) is 4.38. The molecule has 0 saturated carbocycles. The number of aryl methyl sites for hydroxylation is 2. The van der Waals surface area contributed by atoms with Crippen molar-refractivity contribution in [2.75, 3.05) is 12.0 Å². The molecule has 24 heavy (non-hydrogen) atoms. The zero-order valence-electron chi connectivity index (χ0n) is 14.3. The van der Waals surface area contributed by atoms with Gasteiger partial charge >= 0.3 is 0 Å². The van der Waals surface area contributed by atoms with Crippen molar-refractivity contribution in [2.45, 2.75) is 33.2 Å². The van der Waals surface area contributed by atoms with Crippen molar-refractivity contribution < 1.29 is 14.3 Å². The van der Waals surface area contributed by atoms with E-state index in [9.17, 15) is 9.59 Å². The summed E-state index contributed by atoms with van der Waals surface area (Å²) in [7, 11) is 1.58. The first-order valence-electron chi connectivity index (χ1n) is 8.07. The first kappa shape index (κ1) is 16.2. The lowest BCUT2D eigenvalue weighted by molar-refractivity contribution is -0.118. The molecule has 0 N–H and O–H groups in total. The Bertz CT molecular complexity index is 811. The zero-order chi connectivity index (χ0) is 17.3. The van der Waals surface area contributed by atoms with Gasteiger partial charge in [0.05, 0.1) is 19.3 Å². The van der Waals surface area contributed by atoms with E-state index in [2.05, 4.69) is 26.0 Å². The smallest absolute Gasteiger partial charge is 0.227 e. The third-order valence-electron chi connectivity index (χ3n) is 4.58. The fourth-order valence-corrected chi connectivity index (χ4v) is 2.98. The minimum Gasteiger partial charge on any atom is -0.497 e. The third-order valence-corrected chi connectivity index (χ3v) is 4.58. The molecule has 124 valence electrons. The Morgan fingerprint density at radius 2 is 1.79 bits per heavy atom. The molecule has 0 bridgehead atoms. The highest BCUT2D eigenvalue weighted by atomic mass is 16.5. The number of hydrogen-bond donors (Lipinski definition) is 0. The lowest BCUT2D eigenvalue weighted by atomic mass is 10.0. The summed E-state index contributed by atoms with van der Waals surface area (Å²) in [5.74, 6) is 0.610. The molecule has 0 saturated heterocycles. The average Bonchev–Trinajstić information content (AvgIpc) is 2.69. The maximum absolute atomic E-state index is 12.6. The molecular weight excluding hydrogens is 302 g/mol. The molecule has 2 aromatic carbocycles. The Hall–Kier alpha value is -2.62. The summed E-state index contributed by atoms with van der Waals surface area (Å²) in [6.07, 6.45) is 0.488. The second-order valence-corrected chi connectivity index (χ2v) is 6.20. The van der Waals surface area contributed by atoms with Gasteiger partial charge in [-0.05, 0) is 42.7 Å². The standard InChI is InChI=1S/C20H21NO3/c1-13-4-5-15(10-14(13)2)12-21-18-11-16(24-3)6-7-17(18)19(22)8-9-20(21)23/h4-7,10-11H,8-9,12H2,1-3H3. The maximum atomic E-state index is 12.6. The molecule has 2 aromatic rings. The molecule has 0 atom stereocenters. The number of Topliss-reactive ketones (excluding diaryl/α,β-unsaturated/α-hetero) is 1. The number of carbonyl (C=O) groups is 2. The van der Waals surface area contributed by atoms with Crippen LogP contribution in [0.15, 0.2) is 36.4 Å². The first-order chi connectivity index (χ1) is 11.5. The van der Waals surface area contributed by atoms with E-state index in [1.807, 2.05) is 6.07 Å². The lowest BCUT2D eigenvalue weighted by Crippen LogP contribution is -2.29. The van der Waals surface area contributed by atoms with Crippen molar-refractivity contribution in [3.63, 3.8) is 0 Å². The highest BCUT2D eigenvalue weighted by Crippen LogP contribution is 2.32. The molecule has 0 aliphatic carbocycles. The van der Waals surface area contributed by atoms with Gasteiger partial charge in [0, 0.05) is 24.5 Å². The number of rotatable bonds is 3. The summed E-state index contributed by atoms with van der Waals surface area (Å²) < 4.78 is 5.28. The van der Waals surface area contributed by atoms with E-state index in [1.54, 1.807) is 30.2 Å². The van der Waals surface area contributed by atoms with E-state index < -0.39 is 0 Å².